The van der Waals surface area contributed by atoms with Crippen molar-refractivity contribution in [1.82, 2.24) is 10.1 Å². The van der Waals surface area contributed by atoms with Gasteiger partial charge in [0, 0.05) is 31.0 Å². The van der Waals surface area contributed by atoms with Gasteiger partial charge in [0.05, 0.1) is 0 Å². The normalized spacial score (nSPS) is 10.3. The van der Waals surface area contributed by atoms with Crippen molar-refractivity contribution in [3.8, 4) is 17.2 Å². The van der Waals surface area contributed by atoms with Crippen LogP contribution in [0.5, 0.6) is 5.88 Å². The molecule has 0 unspecified atom stereocenters. The van der Waals surface area contributed by atoms with Crippen LogP contribution in [0.2, 0.25) is 0 Å². The highest BCUT2D eigenvalue weighted by atomic mass is 16.7. The van der Waals surface area contributed by atoms with Gasteiger partial charge in [-0.2, -0.15) is 0 Å². The van der Waals surface area contributed by atoms with Crippen LogP contribution >= 0.6 is 0 Å². The molecule has 0 bridgehead atoms. The lowest BCUT2D eigenvalue weighted by Crippen LogP contribution is -2.01. The Labute approximate surface area is 90.8 Å². The van der Waals surface area contributed by atoms with E-state index in [9.17, 15) is 4.79 Å². The maximum atomic E-state index is 10.9. The first-order valence-electron chi connectivity index (χ1n) is 4.57. The third kappa shape index (κ3) is 2.29. The number of pyridine rings is 1. The van der Waals surface area contributed by atoms with E-state index >= 15 is 0 Å². The minimum atomic E-state index is -0.167. The van der Waals surface area contributed by atoms with Crippen LogP contribution in [0.4, 0.5) is 0 Å². The van der Waals surface area contributed by atoms with Crippen molar-refractivity contribution >= 4 is 0 Å². The molecule has 0 atom stereocenters. The van der Waals surface area contributed by atoms with Gasteiger partial charge in [-0.05, 0) is 11.2 Å². The number of aromatic nitrogens is 2. The molecule has 0 aliphatic heterocycles. The number of aromatic amines is 1. The summed E-state index contributed by atoms with van der Waals surface area (Å²) in [6, 6.07) is 4.67. The quantitative estimate of drug-likeness (QED) is 0.781. The smallest absolute Gasteiger partial charge is 0.256 e. The molecule has 16 heavy (non-hydrogen) atoms. The van der Waals surface area contributed by atoms with Gasteiger partial charge >= 0.3 is 0 Å². The molecule has 0 saturated heterocycles. The largest absolute Gasteiger partial charge is 0.448 e. The maximum absolute atomic E-state index is 10.9. The third-order valence-corrected chi connectivity index (χ3v) is 1.88. The van der Waals surface area contributed by atoms with E-state index in [2.05, 4.69) is 10.1 Å². The Hall–Kier alpha value is -2.08. The van der Waals surface area contributed by atoms with Gasteiger partial charge in [-0.15, -0.1) is 0 Å². The number of hydrogen-bond donors (Lipinski definition) is 1. The van der Waals surface area contributed by atoms with Crippen LogP contribution < -0.4 is 10.3 Å². The monoisotopic (exact) mass is 222 g/mol. The number of ether oxygens (including phenoxy) is 2. The van der Waals surface area contributed by atoms with Crippen LogP contribution in [-0.2, 0) is 4.74 Å². The van der Waals surface area contributed by atoms with Crippen molar-refractivity contribution in [2.75, 3.05) is 13.9 Å². The van der Waals surface area contributed by atoms with Crippen LogP contribution in [0.3, 0.4) is 0 Å². The van der Waals surface area contributed by atoms with Crippen LogP contribution in [0.15, 0.2) is 33.7 Å². The summed E-state index contributed by atoms with van der Waals surface area (Å²) in [5.74, 6) is 0.852. The number of nitrogens with one attached hydrogen (secondary N) is 1. The summed E-state index contributed by atoms with van der Waals surface area (Å²) in [7, 11) is 1.52. The molecule has 0 aliphatic carbocycles. The zero-order valence-electron chi connectivity index (χ0n) is 8.60. The van der Waals surface area contributed by atoms with Gasteiger partial charge in [-0.1, -0.05) is 0 Å². The van der Waals surface area contributed by atoms with Crippen molar-refractivity contribution in [2.24, 2.45) is 0 Å². The number of H-pyrrole nitrogens is 1. The summed E-state index contributed by atoms with van der Waals surface area (Å²) in [6.45, 7) is 0.109. The van der Waals surface area contributed by atoms with Crippen LogP contribution in [0, 0.1) is 0 Å². The predicted molar refractivity (Wildman–Crippen MR) is 55.1 cm³/mol. The highest BCUT2D eigenvalue weighted by molar-refractivity contribution is 5.56. The second-order valence-electron chi connectivity index (χ2n) is 3.02. The molecule has 0 fully saturated rings. The molecule has 1 N–H and O–H groups in total. The number of hydrogen-bond acceptors (Lipinski definition) is 5. The minimum Gasteiger partial charge on any atom is -0.448 e. The fourth-order valence-corrected chi connectivity index (χ4v) is 1.15. The first-order valence-corrected chi connectivity index (χ1v) is 4.57. The zero-order valence-corrected chi connectivity index (χ0v) is 8.60. The van der Waals surface area contributed by atoms with Gasteiger partial charge in [-0.3, -0.25) is 4.79 Å². The first-order chi connectivity index (χ1) is 7.79. The zero-order chi connectivity index (χ0) is 11.4. The molecule has 0 aromatic carbocycles. The average Bonchev–Trinajstić information content (AvgIpc) is 2.76. The maximum Gasteiger partial charge on any atom is 0.256 e. The van der Waals surface area contributed by atoms with E-state index in [1.165, 1.54) is 13.2 Å². The van der Waals surface area contributed by atoms with Crippen LogP contribution in [-0.4, -0.2) is 24.0 Å². The summed E-state index contributed by atoms with van der Waals surface area (Å²) in [5, 5.41) is 3.68. The van der Waals surface area contributed by atoms with E-state index in [1.54, 1.807) is 18.3 Å². The molecular formula is C10H10N2O4. The second kappa shape index (κ2) is 4.63. The van der Waals surface area contributed by atoms with E-state index in [0.717, 1.165) is 5.56 Å². The van der Waals surface area contributed by atoms with Gasteiger partial charge in [0.1, 0.15) is 0 Å². The Bertz CT molecular complexity index is 497. The van der Waals surface area contributed by atoms with E-state index in [-0.39, 0.29) is 12.4 Å². The highest BCUT2D eigenvalue weighted by Crippen LogP contribution is 2.21. The van der Waals surface area contributed by atoms with Gasteiger partial charge in [0.15, 0.2) is 12.6 Å². The van der Waals surface area contributed by atoms with Crippen molar-refractivity contribution < 1.29 is 14.0 Å². The molecule has 0 aliphatic rings. The summed E-state index contributed by atoms with van der Waals surface area (Å²) in [5.41, 5.74) is 0.554. The van der Waals surface area contributed by atoms with Crippen molar-refractivity contribution in [2.45, 2.75) is 0 Å². The van der Waals surface area contributed by atoms with Gasteiger partial charge in [0.25, 0.3) is 5.88 Å². The Morgan fingerprint density at radius 2 is 2.38 bits per heavy atom. The number of methoxy groups -OCH3 is 1. The lowest BCUT2D eigenvalue weighted by Gasteiger charge is -1.96. The molecule has 2 aromatic heterocycles. The van der Waals surface area contributed by atoms with Gasteiger partial charge in [0.2, 0.25) is 5.56 Å². The molecule has 0 radical (unpaired) electrons. The van der Waals surface area contributed by atoms with Gasteiger partial charge < -0.3 is 19.0 Å². The van der Waals surface area contributed by atoms with E-state index in [1.807, 2.05) is 0 Å². The number of nitrogens with zero attached hydrogens (tertiary/aromatic N) is 1. The Kier molecular flexibility index (Phi) is 3.02. The molecule has 84 valence electrons. The SMILES string of the molecule is COCOc1cc(-c2ccc(=O)[nH]c2)on1. The summed E-state index contributed by atoms with van der Waals surface area (Å²) >= 11 is 0. The molecule has 2 rings (SSSR count). The lowest BCUT2D eigenvalue weighted by atomic mass is 10.2. The minimum absolute atomic E-state index is 0.109. The van der Waals surface area contributed by atoms with Crippen molar-refractivity contribution in [3.05, 3.63) is 34.7 Å². The molecule has 6 nitrogen and oxygen atoms in total. The van der Waals surface area contributed by atoms with E-state index in [4.69, 9.17) is 14.0 Å². The van der Waals surface area contributed by atoms with E-state index in [0.29, 0.717) is 11.6 Å². The molecule has 6 heteroatoms. The predicted octanol–water partition coefficient (Wildman–Crippen LogP) is 1.01. The average molecular weight is 222 g/mol. The molecule has 2 heterocycles. The fraction of sp³-hybridized carbons (Fsp3) is 0.200. The van der Waals surface area contributed by atoms with Crippen molar-refractivity contribution in [1.29, 1.82) is 0 Å². The summed E-state index contributed by atoms with van der Waals surface area (Å²) < 4.78 is 14.8. The molecule has 0 spiro atoms. The Balaban J connectivity index is 2.18. The summed E-state index contributed by atoms with van der Waals surface area (Å²) in [6.07, 6.45) is 1.54. The fourth-order valence-electron chi connectivity index (χ4n) is 1.15. The van der Waals surface area contributed by atoms with E-state index < -0.39 is 0 Å². The Morgan fingerprint density at radius 1 is 1.50 bits per heavy atom. The molecule has 0 saturated carbocycles. The topological polar surface area (TPSA) is 77.4 Å². The third-order valence-electron chi connectivity index (χ3n) is 1.88. The lowest BCUT2D eigenvalue weighted by molar-refractivity contribution is 0.0453. The van der Waals surface area contributed by atoms with Crippen LogP contribution in [0.1, 0.15) is 0 Å². The highest BCUT2D eigenvalue weighted by Gasteiger charge is 2.07. The molecule has 0 amide bonds. The second-order valence-corrected chi connectivity index (χ2v) is 3.02. The molecule has 2 aromatic rings. The molecular weight excluding hydrogens is 212 g/mol. The Morgan fingerprint density at radius 3 is 3.06 bits per heavy atom. The standard InChI is InChI=1S/C10H10N2O4/c1-14-6-15-10-4-8(16-12-10)7-2-3-9(13)11-5-7/h2-5H,6H2,1H3,(H,11,13). The van der Waals surface area contributed by atoms with Gasteiger partial charge in [-0.25, -0.2) is 0 Å². The number of rotatable bonds is 4. The van der Waals surface area contributed by atoms with Crippen LogP contribution in [0.25, 0.3) is 11.3 Å². The first kappa shape index (κ1) is 10.4. The van der Waals surface area contributed by atoms with Crippen molar-refractivity contribution in [3.63, 3.8) is 0 Å². The summed E-state index contributed by atoms with van der Waals surface area (Å²) in [4.78, 5) is 13.4.